The minimum atomic E-state index is -4.44. The Balaban J connectivity index is 1.60. The summed E-state index contributed by atoms with van der Waals surface area (Å²) in [6.45, 7) is 0. The first-order valence-electron chi connectivity index (χ1n) is 10.3. The highest BCUT2D eigenvalue weighted by atomic mass is 32.2. The van der Waals surface area contributed by atoms with Crippen LogP contribution in [-0.2, 0) is 15.6 Å². The Hall–Kier alpha value is -4.26. The van der Waals surface area contributed by atoms with Gasteiger partial charge in [-0.2, -0.15) is 5.10 Å². The van der Waals surface area contributed by atoms with E-state index in [2.05, 4.69) is 25.1 Å². The van der Waals surface area contributed by atoms with Gasteiger partial charge in [-0.25, -0.2) is 35.9 Å². The predicted molar refractivity (Wildman–Crippen MR) is 121 cm³/mol. The summed E-state index contributed by atoms with van der Waals surface area (Å²) in [5.41, 5.74) is -1.18. The molecule has 3 heterocycles. The van der Waals surface area contributed by atoms with E-state index in [-0.39, 0.29) is 11.1 Å². The molecule has 0 aliphatic rings. The number of hydrogen-bond donors (Lipinski definition) is 2. The summed E-state index contributed by atoms with van der Waals surface area (Å²) in [4.78, 5) is 9.87. The van der Waals surface area contributed by atoms with E-state index in [1.807, 2.05) is 0 Å². The molecule has 0 saturated heterocycles. The van der Waals surface area contributed by atoms with E-state index in [9.17, 15) is 17.2 Å². The Morgan fingerprint density at radius 3 is 2.50 bits per heavy atom. The zero-order valence-electron chi connectivity index (χ0n) is 18.3. The van der Waals surface area contributed by atoms with Crippen molar-refractivity contribution in [3.63, 3.8) is 0 Å². The van der Waals surface area contributed by atoms with Gasteiger partial charge in [0.2, 0.25) is 5.88 Å². The molecule has 0 unspecified atom stereocenters. The minimum Gasteiger partial charge on any atom is -0.480 e. The monoisotopic (exact) mass is 517 g/mol. The van der Waals surface area contributed by atoms with Crippen LogP contribution in [0.3, 0.4) is 0 Å². The molecule has 2 aromatic carbocycles. The normalized spacial score (nSPS) is 11.8. The van der Waals surface area contributed by atoms with Gasteiger partial charge in [-0.1, -0.05) is 6.07 Å². The number of benzene rings is 2. The molecule has 184 valence electrons. The van der Waals surface area contributed by atoms with E-state index in [0.717, 1.165) is 19.4 Å². The van der Waals surface area contributed by atoms with E-state index in [1.54, 1.807) is 6.20 Å². The Kier molecular flexibility index (Phi) is 5.71. The van der Waals surface area contributed by atoms with Gasteiger partial charge in [-0.3, -0.25) is 5.10 Å². The van der Waals surface area contributed by atoms with Crippen molar-refractivity contribution in [2.24, 2.45) is 0 Å². The summed E-state index contributed by atoms with van der Waals surface area (Å²) in [5, 5.41) is 6.94. The van der Waals surface area contributed by atoms with Gasteiger partial charge >= 0.3 is 0 Å². The zero-order chi connectivity index (χ0) is 25.6. The van der Waals surface area contributed by atoms with Crippen LogP contribution in [0.5, 0.6) is 5.88 Å². The maximum atomic E-state index is 15.5. The Morgan fingerprint density at radius 2 is 1.78 bits per heavy atom. The van der Waals surface area contributed by atoms with Crippen LogP contribution in [-0.4, -0.2) is 40.7 Å². The number of pyridine rings is 1. The highest BCUT2D eigenvalue weighted by molar-refractivity contribution is 7.90. The quantitative estimate of drug-likeness (QED) is 0.320. The Labute approximate surface area is 200 Å². The lowest BCUT2D eigenvalue weighted by atomic mass is 10.00. The van der Waals surface area contributed by atoms with Gasteiger partial charge in [0.1, 0.15) is 33.6 Å². The van der Waals surface area contributed by atoms with Gasteiger partial charge < -0.3 is 9.72 Å². The number of ether oxygens (including phenoxy) is 1. The second-order valence-corrected chi connectivity index (χ2v) is 9.66. The lowest BCUT2D eigenvalue weighted by molar-refractivity contribution is 0.382. The number of halogens is 4. The van der Waals surface area contributed by atoms with E-state index >= 15 is 8.78 Å². The number of H-pyrrole nitrogens is 2. The smallest absolute Gasteiger partial charge is 0.232 e. The first-order valence-corrected chi connectivity index (χ1v) is 11.9. The molecular formula is C23H15F4N5O3S. The molecule has 13 heteroatoms. The van der Waals surface area contributed by atoms with Crippen molar-refractivity contribution in [3.8, 4) is 28.5 Å². The van der Waals surface area contributed by atoms with Crippen LogP contribution in [0.4, 0.5) is 17.6 Å². The third-order valence-electron chi connectivity index (χ3n) is 5.46. The maximum absolute atomic E-state index is 15.5. The molecule has 0 radical (unpaired) electrons. The summed E-state index contributed by atoms with van der Waals surface area (Å²) >= 11 is 0. The number of rotatable bonds is 6. The van der Waals surface area contributed by atoms with E-state index in [4.69, 9.17) is 4.74 Å². The molecule has 0 amide bonds. The second kappa shape index (κ2) is 8.75. The van der Waals surface area contributed by atoms with Crippen molar-refractivity contribution in [1.82, 2.24) is 25.1 Å². The molecule has 0 aliphatic heterocycles. The van der Waals surface area contributed by atoms with Gasteiger partial charge in [0.25, 0.3) is 0 Å². The van der Waals surface area contributed by atoms with Gasteiger partial charge in [-0.15, -0.1) is 0 Å². The average molecular weight is 517 g/mol. The fourth-order valence-corrected chi connectivity index (χ4v) is 5.32. The molecule has 0 saturated carbocycles. The van der Waals surface area contributed by atoms with Crippen LogP contribution in [0.2, 0.25) is 0 Å². The van der Waals surface area contributed by atoms with E-state index in [1.165, 1.54) is 18.3 Å². The Morgan fingerprint density at radius 1 is 0.972 bits per heavy atom. The molecule has 0 spiro atoms. The minimum absolute atomic E-state index is 0.146. The molecular weight excluding hydrogens is 502 g/mol. The van der Waals surface area contributed by atoms with Crippen LogP contribution in [0.25, 0.3) is 33.5 Å². The number of sulfone groups is 1. The lowest BCUT2D eigenvalue weighted by Gasteiger charge is -2.12. The number of imidazole rings is 1. The van der Waals surface area contributed by atoms with Crippen molar-refractivity contribution in [2.75, 3.05) is 7.11 Å². The molecule has 5 aromatic rings. The van der Waals surface area contributed by atoms with Gasteiger partial charge in [-0.05, 0) is 24.3 Å². The third kappa shape index (κ3) is 3.96. The molecule has 5 rings (SSSR count). The summed E-state index contributed by atoms with van der Waals surface area (Å²) in [5.74, 6) is -5.14. The topological polar surface area (TPSA) is 114 Å². The zero-order valence-corrected chi connectivity index (χ0v) is 19.1. The fraction of sp³-hybridized carbons (Fsp3) is 0.0870. The van der Waals surface area contributed by atoms with E-state index < -0.39 is 60.8 Å². The van der Waals surface area contributed by atoms with Crippen LogP contribution in [0.15, 0.2) is 53.8 Å². The molecule has 0 atom stereocenters. The van der Waals surface area contributed by atoms with Gasteiger partial charge in [0.05, 0.1) is 19.1 Å². The molecule has 0 fully saturated rings. The van der Waals surface area contributed by atoms with Gasteiger partial charge in [0.15, 0.2) is 21.5 Å². The van der Waals surface area contributed by atoms with Crippen LogP contribution in [0.1, 0.15) is 5.56 Å². The first kappa shape index (κ1) is 23.5. The van der Waals surface area contributed by atoms with Crippen molar-refractivity contribution >= 4 is 20.7 Å². The van der Waals surface area contributed by atoms with Crippen molar-refractivity contribution in [2.45, 2.75) is 10.6 Å². The number of fused-ring (bicyclic) bond motifs is 1. The molecule has 0 bridgehead atoms. The summed E-state index contributed by atoms with van der Waals surface area (Å²) in [6.07, 6.45) is 3.82. The van der Waals surface area contributed by atoms with Crippen LogP contribution < -0.4 is 4.74 Å². The number of aromatic amines is 2. The van der Waals surface area contributed by atoms with Gasteiger partial charge in [0, 0.05) is 34.5 Å². The number of methoxy groups -OCH3 is 1. The number of nitrogens with one attached hydrogen (secondary N) is 2. The molecule has 3 aromatic heterocycles. The predicted octanol–water partition coefficient (Wildman–Crippen LogP) is 4.55. The molecule has 0 aliphatic carbocycles. The van der Waals surface area contributed by atoms with Crippen molar-refractivity contribution in [1.29, 1.82) is 0 Å². The summed E-state index contributed by atoms with van der Waals surface area (Å²) in [6, 6.07) is 4.78. The van der Waals surface area contributed by atoms with Crippen LogP contribution in [0, 0.1) is 23.3 Å². The molecule has 36 heavy (non-hydrogen) atoms. The fourth-order valence-electron chi connectivity index (χ4n) is 3.85. The second-order valence-electron chi connectivity index (χ2n) is 7.71. The van der Waals surface area contributed by atoms with Crippen molar-refractivity contribution in [3.05, 3.63) is 77.8 Å². The largest absolute Gasteiger partial charge is 0.480 e. The average Bonchev–Trinajstić information content (AvgIpc) is 3.52. The number of aromatic nitrogens is 5. The maximum Gasteiger partial charge on any atom is 0.232 e. The third-order valence-corrected chi connectivity index (χ3v) is 7.12. The summed E-state index contributed by atoms with van der Waals surface area (Å²) in [7, 11) is -3.31. The highest BCUT2D eigenvalue weighted by Crippen LogP contribution is 2.35. The highest BCUT2D eigenvalue weighted by Gasteiger charge is 2.27. The van der Waals surface area contributed by atoms with Crippen molar-refractivity contribution < 1.29 is 30.7 Å². The standard InChI is InChI=1S/C23H15F4N5O3S/c1-35-23-17(8-13(25)9-30-23)36(33,34)10-11-6-12(24)7-16(18(11)26)14-2-3-15-20(19(14)27)31-32-21(15)22-28-4-5-29-22/h2-9H,10H2,1H3,(H,28,29)(H,31,32). The van der Waals surface area contributed by atoms with E-state index in [0.29, 0.717) is 29.0 Å². The van der Waals surface area contributed by atoms with Crippen LogP contribution >= 0.6 is 0 Å². The number of nitrogens with zero attached hydrogens (tertiary/aromatic N) is 3. The number of hydrogen-bond acceptors (Lipinski definition) is 6. The first-order chi connectivity index (χ1) is 17.2. The molecule has 8 nitrogen and oxygen atoms in total. The lowest BCUT2D eigenvalue weighted by Crippen LogP contribution is -2.10. The SMILES string of the molecule is COc1ncc(F)cc1S(=O)(=O)Cc1cc(F)cc(-c2ccc3c(-c4ncc[nH]4)[nH]nc3c2F)c1F. The molecule has 2 N–H and O–H groups in total. The Bertz CT molecular complexity index is 1720. The summed E-state index contributed by atoms with van der Waals surface area (Å²) < 4.78 is 89.8.